The summed E-state index contributed by atoms with van der Waals surface area (Å²) >= 11 is 0. The van der Waals surface area contributed by atoms with Crippen LogP contribution in [0, 0.1) is 6.92 Å². The van der Waals surface area contributed by atoms with Crippen molar-refractivity contribution in [2.45, 2.75) is 26.8 Å². The van der Waals surface area contributed by atoms with E-state index in [1.807, 2.05) is 44.0 Å². The van der Waals surface area contributed by atoms with E-state index in [2.05, 4.69) is 10.6 Å². The van der Waals surface area contributed by atoms with Crippen molar-refractivity contribution in [3.63, 3.8) is 0 Å². The molecule has 0 radical (unpaired) electrons. The van der Waals surface area contributed by atoms with Gasteiger partial charge in [-0.1, -0.05) is 19.1 Å². The van der Waals surface area contributed by atoms with Crippen LogP contribution in [0.15, 0.2) is 18.2 Å². The number of hydrogen-bond donors (Lipinski definition) is 2. The van der Waals surface area contributed by atoms with E-state index < -0.39 is 6.03 Å². The van der Waals surface area contributed by atoms with E-state index in [0.717, 1.165) is 23.3 Å². The van der Waals surface area contributed by atoms with Gasteiger partial charge in [0, 0.05) is 13.1 Å². The summed E-state index contributed by atoms with van der Waals surface area (Å²) in [6.45, 7) is 5.26. The first-order chi connectivity index (χ1) is 10.5. The number of rotatable bonds is 7. The normalized spacial score (nSPS) is 10.4. The molecule has 1 aromatic rings. The number of carbonyl (C=O) groups is 2. The fourth-order valence-electron chi connectivity index (χ4n) is 2.10. The average Bonchev–Trinajstić information content (AvgIpc) is 2.44. The fourth-order valence-corrected chi connectivity index (χ4v) is 2.10. The van der Waals surface area contributed by atoms with Crippen LogP contribution in [0.2, 0.25) is 0 Å². The number of likely N-dealkylation sites (N-methyl/N-ethyl adjacent to an activating group) is 1. The van der Waals surface area contributed by atoms with Crippen molar-refractivity contribution in [1.82, 2.24) is 15.5 Å². The van der Waals surface area contributed by atoms with Gasteiger partial charge in [-0.25, -0.2) is 4.79 Å². The van der Waals surface area contributed by atoms with Crippen LogP contribution >= 0.6 is 0 Å². The van der Waals surface area contributed by atoms with Crippen LogP contribution in [-0.2, 0) is 11.3 Å². The van der Waals surface area contributed by atoms with Crippen LogP contribution in [0.1, 0.15) is 24.5 Å². The third-order valence-corrected chi connectivity index (χ3v) is 3.11. The molecule has 0 unspecified atom stereocenters. The third kappa shape index (κ3) is 6.13. The SMILES string of the molecule is CCCNC(=O)NC(=O)CN(C)Cc1ccc(OC)c(C)c1. The molecule has 0 atom stereocenters. The topological polar surface area (TPSA) is 70.7 Å². The van der Waals surface area contributed by atoms with Gasteiger partial charge in [0.05, 0.1) is 13.7 Å². The van der Waals surface area contributed by atoms with Gasteiger partial charge in [0.2, 0.25) is 5.91 Å². The molecule has 0 spiro atoms. The zero-order chi connectivity index (χ0) is 16.5. The molecule has 0 heterocycles. The molecule has 0 bridgehead atoms. The number of carbonyl (C=O) groups excluding carboxylic acids is 2. The molecular formula is C16H25N3O3. The van der Waals surface area contributed by atoms with Gasteiger partial charge in [-0.15, -0.1) is 0 Å². The third-order valence-electron chi connectivity index (χ3n) is 3.11. The molecule has 0 aliphatic rings. The maximum atomic E-state index is 11.8. The van der Waals surface area contributed by atoms with E-state index in [0.29, 0.717) is 13.1 Å². The number of aryl methyl sites for hydroxylation is 1. The second-order valence-corrected chi connectivity index (χ2v) is 5.28. The van der Waals surface area contributed by atoms with Crippen LogP contribution in [0.4, 0.5) is 4.79 Å². The minimum Gasteiger partial charge on any atom is -0.496 e. The number of methoxy groups -OCH3 is 1. The summed E-state index contributed by atoms with van der Waals surface area (Å²) in [7, 11) is 3.48. The van der Waals surface area contributed by atoms with E-state index >= 15 is 0 Å². The molecule has 0 aliphatic carbocycles. The lowest BCUT2D eigenvalue weighted by atomic mass is 10.1. The van der Waals surface area contributed by atoms with Crippen molar-refractivity contribution in [3.05, 3.63) is 29.3 Å². The lowest BCUT2D eigenvalue weighted by Crippen LogP contribution is -2.43. The van der Waals surface area contributed by atoms with Crippen molar-refractivity contribution in [1.29, 1.82) is 0 Å². The molecule has 0 saturated heterocycles. The zero-order valence-corrected chi connectivity index (χ0v) is 13.7. The Labute approximate surface area is 131 Å². The number of imide groups is 1. The van der Waals surface area contributed by atoms with Crippen molar-refractivity contribution in [2.24, 2.45) is 0 Å². The molecule has 2 N–H and O–H groups in total. The Balaban J connectivity index is 2.45. The number of nitrogens with one attached hydrogen (secondary N) is 2. The molecule has 22 heavy (non-hydrogen) atoms. The molecule has 1 aromatic carbocycles. The minimum absolute atomic E-state index is 0.157. The quantitative estimate of drug-likeness (QED) is 0.804. The molecular weight excluding hydrogens is 282 g/mol. The van der Waals surface area contributed by atoms with Crippen LogP contribution in [-0.4, -0.2) is 44.1 Å². The largest absolute Gasteiger partial charge is 0.496 e. The van der Waals surface area contributed by atoms with Gasteiger partial charge >= 0.3 is 6.03 Å². The highest BCUT2D eigenvalue weighted by molar-refractivity contribution is 5.95. The average molecular weight is 307 g/mol. The van der Waals surface area contributed by atoms with Crippen LogP contribution in [0.3, 0.4) is 0 Å². The molecule has 0 saturated carbocycles. The Kier molecular flexibility index (Phi) is 7.39. The van der Waals surface area contributed by atoms with Crippen LogP contribution in [0.5, 0.6) is 5.75 Å². The van der Waals surface area contributed by atoms with E-state index in [-0.39, 0.29) is 12.5 Å². The molecule has 122 valence electrons. The number of amides is 3. The summed E-state index contributed by atoms with van der Waals surface area (Å²) in [4.78, 5) is 25.0. The maximum Gasteiger partial charge on any atom is 0.321 e. The zero-order valence-electron chi connectivity index (χ0n) is 13.7. The first-order valence-electron chi connectivity index (χ1n) is 7.36. The highest BCUT2D eigenvalue weighted by Gasteiger charge is 2.11. The van der Waals surface area contributed by atoms with Crippen molar-refractivity contribution < 1.29 is 14.3 Å². The Morgan fingerprint density at radius 3 is 2.64 bits per heavy atom. The van der Waals surface area contributed by atoms with Gasteiger partial charge in [-0.3, -0.25) is 15.0 Å². The summed E-state index contributed by atoms with van der Waals surface area (Å²) in [6, 6.07) is 5.46. The smallest absolute Gasteiger partial charge is 0.321 e. The fraction of sp³-hybridized carbons (Fsp3) is 0.500. The molecule has 3 amide bonds. The molecule has 6 heteroatoms. The molecule has 6 nitrogen and oxygen atoms in total. The monoisotopic (exact) mass is 307 g/mol. The van der Waals surface area contributed by atoms with Gasteiger partial charge in [-0.2, -0.15) is 0 Å². The molecule has 0 fully saturated rings. The number of urea groups is 1. The van der Waals surface area contributed by atoms with E-state index in [1.54, 1.807) is 7.11 Å². The summed E-state index contributed by atoms with van der Waals surface area (Å²) in [5, 5.41) is 4.91. The lowest BCUT2D eigenvalue weighted by Gasteiger charge is -2.17. The lowest BCUT2D eigenvalue weighted by molar-refractivity contribution is -0.120. The van der Waals surface area contributed by atoms with E-state index in [9.17, 15) is 9.59 Å². The second-order valence-electron chi connectivity index (χ2n) is 5.28. The molecule has 0 aliphatic heterocycles. The Bertz CT molecular complexity index is 517. The molecule has 1 rings (SSSR count). The Morgan fingerprint density at radius 2 is 2.05 bits per heavy atom. The van der Waals surface area contributed by atoms with Gasteiger partial charge in [-0.05, 0) is 37.6 Å². The molecule has 0 aromatic heterocycles. The standard InChI is InChI=1S/C16H25N3O3/c1-5-8-17-16(21)18-15(20)11-19(3)10-13-6-7-14(22-4)12(2)9-13/h6-7,9H,5,8,10-11H2,1-4H3,(H2,17,18,20,21). The predicted octanol–water partition coefficient (Wildman–Crippen LogP) is 1.67. The van der Waals surface area contributed by atoms with E-state index in [4.69, 9.17) is 4.74 Å². The summed E-state index contributed by atoms with van der Waals surface area (Å²) in [6.07, 6.45) is 0.832. The summed E-state index contributed by atoms with van der Waals surface area (Å²) in [5.74, 6) is 0.526. The van der Waals surface area contributed by atoms with Crippen LogP contribution < -0.4 is 15.4 Å². The predicted molar refractivity (Wildman–Crippen MR) is 85.9 cm³/mol. The number of hydrogen-bond acceptors (Lipinski definition) is 4. The number of ether oxygens (including phenoxy) is 1. The minimum atomic E-state index is -0.444. The van der Waals surface area contributed by atoms with Gasteiger partial charge in [0.15, 0.2) is 0 Å². The second kappa shape index (κ2) is 9.04. The van der Waals surface area contributed by atoms with Gasteiger partial charge < -0.3 is 10.1 Å². The van der Waals surface area contributed by atoms with Crippen molar-refractivity contribution in [2.75, 3.05) is 27.2 Å². The Hall–Kier alpha value is -2.08. The van der Waals surface area contributed by atoms with E-state index in [1.165, 1.54) is 0 Å². The highest BCUT2D eigenvalue weighted by atomic mass is 16.5. The summed E-state index contributed by atoms with van der Waals surface area (Å²) < 4.78 is 5.22. The van der Waals surface area contributed by atoms with Crippen LogP contribution in [0.25, 0.3) is 0 Å². The van der Waals surface area contributed by atoms with Gasteiger partial charge in [0.25, 0.3) is 0 Å². The van der Waals surface area contributed by atoms with Gasteiger partial charge in [0.1, 0.15) is 5.75 Å². The Morgan fingerprint density at radius 1 is 1.32 bits per heavy atom. The number of nitrogens with zero attached hydrogens (tertiary/aromatic N) is 1. The van der Waals surface area contributed by atoms with Crippen molar-refractivity contribution in [3.8, 4) is 5.75 Å². The first-order valence-corrected chi connectivity index (χ1v) is 7.36. The van der Waals surface area contributed by atoms with Crippen molar-refractivity contribution >= 4 is 11.9 Å². The maximum absolute atomic E-state index is 11.8. The first kappa shape index (κ1) is 18.0. The summed E-state index contributed by atoms with van der Waals surface area (Å²) in [5.41, 5.74) is 2.14. The highest BCUT2D eigenvalue weighted by Crippen LogP contribution is 2.19. The number of benzene rings is 1.